The van der Waals surface area contributed by atoms with E-state index in [4.69, 9.17) is 18.9 Å². The summed E-state index contributed by atoms with van der Waals surface area (Å²) in [5.41, 5.74) is 0. The summed E-state index contributed by atoms with van der Waals surface area (Å²) in [6.07, 6.45) is 4.31. The molecule has 3 aliphatic rings. The van der Waals surface area contributed by atoms with Crippen LogP contribution in [0.4, 0.5) is 0 Å². The van der Waals surface area contributed by atoms with Crippen molar-refractivity contribution in [3.05, 3.63) is 0 Å². The van der Waals surface area contributed by atoms with Gasteiger partial charge in [0.25, 0.3) is 5.91 Å². The van der Waals surface area contributed by atoms with Gasteiger partial charge in [0.15, 0.2) is 0 Å². The van der Waals surface area contributed by atoms with Gasteiger partial charge in [0.1, 0.15) is 12.2 Å². The van der Waals surface area contributed by atoms with E-state index in [1.807, 2.05) is 4.90 Å². The normalized spacial score (nSPS) is 30.0. The van der Waals surface area contributed by atoms with E-state index in [2.05, 4.69) is 6.92 Å². The maximum Gasteiger partial charge on any atom is 0.251 e. The Kier molecular flexibility index (Phi) is 5.68. The molecule has 0 aromatic rings. The lowest BCUT2D eigenvalue weighted by Gasteiger charge is -2.26. The lowest BCUT2D eigenvalue weighted by Crippen LogP contribution is -2.44. The molecule has 0 aromatic carbocycles. The van der Waals surface area contributed by atoms with Crippen molar-refractivity contribution in [1.29, 1.82) is 0 Å². The fourth-order valence-electron chi connectivity index (χ4n) is 2.54. The first kappa shape index (κ1) is 16.2. The molecule has 0 saturated carbocycles. The number of rotatable bonds is 12. The van der Waals surface area contributed by atoms with Gasteiger partial charge in [0.2, 0.25) is 0 Å². The Morgan fingerprint density at radius 2 is 1.68 bits per heavy atom. The Labute approximate surface area is 132 Å². The van der Waals surface area contributed by atoms with Crippen LogP contribution in [-0.4, -0.2) is 74.7 Å². The molecule has 4 unspecified atom stereocenters. The van der Waals surface area contributed by atoms with Gasteiger partial charge in [-0.25, -0.2) is 0 Å². The molecule has 22 heavy (non-hydrogen) atoms. The molecule has 0 bridgehead atoms. The molecule has 3 saturated heterocycles. The van der Waals surface area contributed by atoms with Crippen LogP contribution in [0, 0.1) is 0 Å². The quantitative estimate of drug-likeness (QED) is 0.397. The van der Waals surface area contributed by atoms with Crippen LogP contribution in [0.1, 0.15) is 32.6 Å². The van der Waals surface area contributed by atoms with E-state index in [0.29, 0.717) is 19.7 Å². The summed E-state index contributed by atoms with van der Waals surface area (Å²) in [7, 11) is 0. The Hall–Kier alpha value is -0.690. The molecule has 3 fully saturated rings. The number of carbonyl (C=O) groups is 1. The van der Waals surface area contributed by atoms with E-state index in [1.165, 1.54) is 0 Å². The first-order chi connectivity index (χ1) is 10.8. The number of hydrogen-bond acceptors (Lipinski definition) is 5. The van der Waals surface area contributed by atoms with E-state index in [-0.39, 0.29) is 30.3 Å². The average Bonchev–Trinajstić information content (AvgIpc) is 3.37. The van der Waals surface area contributed by atoms with Gasteiger partial charge in [-0.2, -0.15) is 0 Å². The summed E-state index contributed by atoms with van der Waals surface area (Å²) >= 11 is 0. The van der Waals surface area contributed by atoms with Gasteiger partial charge < -0.3 is 23.8 Å². The first-order valence-corrected chi connectivity index (χ1v) is 8.51. The summed E-state index contributed by atoms with van der Waals surface area (Å²) in [4.78, 5) is 14.7. The van der Waals surface area contributed by atoms with Crippen molar-refractivity contribution in [3.8, 4) is 0 Å². The molecule has 6 heteroatoms. The molecule has 1 amide bonds. The van der Waals surface area contributed by atoms with Gasteiger partial charge in [-0.3, -0.25) is 4.79 Å². The molecule has 0 aromatic heterocycles. The number of ether oxygens (including phenoxy) is 4. The third-order valence-corrected chi connectivity index (χ3v) is 4.20. The minimum Gasteiger partial charge on any atom is -0.371 e. The summed E-state index contributed by atoms with van der Waals surface area (Å²) in [5, 5.41) is 0. The van der Waals surface area contributed by atoms with Crippen molar-refractivity contribution in [3.63, 3.8) is 0 Å². The van der Waals surface area contributed by atoms with Crippen molar-refractivity contribution in [1.82, 2.24) is 4.90 Å². The zero-order valence-corrected chi connectivity index (χ0v) is 13.4. The van der Waals surface area contributed by atoms with Gasteiger partial charge in [0.05, 0.1) is 38.6 Å². The van der Waals surface area contributed by atoms with E-state index >= 15 is 0 Å². The summed E-state index contributed by atoms with van der Waals surface area (Å²) in [5.74, 6) is 0.0859. The van der Waals surface area contributed by atoms with Crippen LogP contribution in [-0.2, 0) is 23.7 Å². The number of epoxide rings is 3. The molecule has 0 N–H and O–H groups in total. The molecule has 0 radical (unpaired) electrons. The van der Waals surface area contributed by atoms with Crippen molar-refractivity contribution in [2.75, 3.05) is 39.5 Å². The number of carbonyl (C=O) groups excluding carboxylic acids is 1. The zero-order chi connectivity index (χ0) is 15.4. The monoisotopic (exact) mass is 313 g/mol. The topological polar surface area (TPSA) is 67.1 Å². The molecule has 3 aliphatic heterocycles. The van der Waals surface area contributed by atoms with Gasteiger partial charge in [0, 0.05) is 13.1 Å². The second kappa shape index (κ2) is 7.73. The van der Waals surface area contributed by atoms with Crippen LogP contribution in [0.2, 0.25) is 0 Å². The van der Waals surface area contributed by atoms with Crippen LogP contribution in [0.15, 0.2) is 0 Å². The molecule has 3 rings (SSSR count). The molecule has 0 spiro atoms. The molecule has 126 valence electrons. The van der Waals surface area contributed by atoms with E-state index in [1.54, 1.807) is 0 Å². The molecule has 3 heterocycles. The first-order valence-electron chi connectivity index (χ1n) is 8.51. The highest BCUT2D eigenvalue weighted by molar-refractivity contribution is 5.81. The predicted octanol–water partition coefficient (Wildman–Crippen LogP) is 0.977. The van der Waals surface area contributed by atoms with E-state index < -0.39 is 0 Å². The molecular formula is C16H27NO5. The van der Waals surface area contributed by atoms with Crippen LogP contribution >= 0.6 is 0 Å². The standard InChI is InChI=1S/C16H27NO5/c1-2-3-4-5-15(22-11-14-10-21-14)16(18)17(6-12-8-19-12)7-13-9-20-13/h12-15H,2-11H2,1H3. The largest absolute Gasteiger partial charge is 0.371 e. The van der Waals surface area contributed by atoms with Crippen molar-refractivity contribution >= 4 is 5.91 Å². The fraction of sp³-hybridized carbons (Fsp3) is 0.938. The number of amides is 1. The van der Waals surface area contributed by atoms with Crippen LogP contribution in [0.25, 0.3) is 0 Å². The Morgan fingerprint density at radius 1 is 1.09 bits per heavy atom. The van der Waals surface area contributed by atoms with Crippen molar-refractivity contribution in [2.45, 2.75) is 57.0 Å². The SMILES string of the molecule is CCCCCC(OCC1CO1)C(=O)N(CC1CO1)CC1CO1. The van der Waals surface area contributed by atoms with Gasteiger partial charge in [-0.15, -0.1) is 0 Å². The lowest BCUT2D eigenvalue weighted by atomic mass is 10.1. The molecular weight excluding hydrogens is 286 g/mol. The lowest BCUT2D eigenvalue weighted by molar-refractivity contribution is -0.145. The molecule has 4 atom stereocenters. The van der Waals surface area contributed by atoms with Crippen LogP contribution in [0.3, 0.4) is 0 Å². The highest BCUT2D eigenvalue weighted by Gasteiger charge is 2.36. The molecule has 0 aliphatic carbocycles. The van der Waals surface area contributed by atoms with Gasteiger partial charge in [-0.05, 0) is 6.42 Å². The summed E-state index contributed by atoms with van der Waals surface area (Å²) < 4.78 is 21.6. The highest BCUT2D eigenvalue weighted by Crippen LogP contribution is 2.20. The smallest absolute Gasteiger partial charge is 0.251 e. The number of hydrogen-bond donors (Lipinski definition) is 0. The predicted molar refractivity (Wildman–Crippen MR) is 79.7 cm³/mol. The number of nitrogens with zero attached hydrogens (tertiary/aromatic N) is 1. The number of unbranched alkanes of at least 4 members (excludes halogenated alkanes) is 2. The molecule has 6 nitrogen and oxygen atoms in total. The Balaban J connectivity index is 1.52. The Morgan fingerprint density at radius 3 is 2.18 bits per heavy atom. The van der Waals surface area contributed by atoms with Crippen molar-refractivity contribution < 1.29 is 23.7 Å². The second-order valence-corrected chi connectivity index (χ2v) is 6.43. The fourth-order valence-corrected chi connectivity index (χ4v) is 2.54. The minimum atomic E-state index is -0.353. The van der Waals surface area contributed by atoms with E-state index in [9.17, 15) is 4.79 Å². The zero-order valence-electron chi connectivity index (χ0n) is 13.4. The summed E-state index contributed by atoms with van der Waals surface area (Å²) in [6.45, 7) is 6.27. The maximum atomic E-state index is 12.8. The van der Waals surface area contributed by atoms with Crippen LogP contribution in [0.5, 0.6) is 0 Å². The van der Waals surface area contributed by atoms with Crippen molar-refractivity contribution in [2.24, 2.45) is 0 Å². The average molecular weight is 313 g/mol. The highest BCUT2D eigenvalue weighted by atomic mass is 16.6. The van der Waals surface area contributed by atoms with Gasteiger partial charge in [-0.1, -0.05) is 26.2 Å². The minimum absolute atomic E-state index is 0.0859. The summed E-state index contributed by atoms with van der Waals surface area (Å²) in [6, 6.07) is 0. The maximum absolute atomic E-state index is 12.8. The van der Waals surface area contributed by atoms with Crippen LogP contribution < -0.4 is 0 Å². The van der Waals surface area contributed by atoms with Gasteiger partial charge >= 0.3 is 0 Å². The third-order valence-electron chi connectivity index (χ3n) is 4.20. The van der Waals surface area contributed by atoms with E-state index in [0.717, 1.165) is 45.5 Å². The Bertz CT molecular complexity index is 352. The second-order valence-electron chi connectivity index (χ2n) is 6.43. The third kappa shape index (κ3) is 5.50.